The summed E-state index contributed by atoms with van der Waals surface area (Å²) in [7, 11) is 0. The summed E-state index contributed by atoms with van der Waals surface area (Å²) in [5.41, 5.74) is 0. The first-order valence-corrected chi connectivity index (χ1v) is 4.85. The lowest BCUT2D eigenvalue weighted by atomic mass is 10.1. The first kappa shape index (κ1) is 8.90. The van der Waals surface area contributed by atoms with Gasteiger partial charge < -0.3 is 4.74 Å². The summed E-state index contributed by atoms with van der Waals surface area (Å²) in [4.78, 5) is 0. The summed E-state index contributed by atoms with van der Waals surface area (Å²) in [5, 5.41) is 11.4. The molecule has 0 aliphatic carbocycles. The minimum absolute atomic E-state index is 0.359. The van der Waals surface area contributed by atoms with Gasteiger partial charge in [0.05, 0.1) is 11.9 Å². The highest BCUT2D eigenvalue weighted by molar-refractivity contribution is 6.16. The molecule has 1 aromatic rings. The first-order valence-electron chi connectivity index (χ1n) is 4.32. The van der Waals surface area contributed by atoms with Gasteiger partial charge >= 0.3 is 0 Å². The molecule has 0 N–H and O–H groups in total. The molecular formula is C7H11ClN4O. The fourth-order valence-electron chi connectivity index (χ4n) is 1.51. The van der Waals surface area contributed by atoms with Crippen LogP contribution >= 0.6 is 11.6 Å². The van der Waals surface area contributed by atoms with Crippen LogP contribution in [0.4, 0.5) is 0 Å². The van der Waals surface area contributed by atoms with Crippen LogP contribution in [0.25, 0.3) is 0 Å². The van der Waals surface area contributed by atoms with E-state index in [2.05, 4.69) is 15.5 Å². The van der Waals surface area contributed by atoms with Crippen LogP contribution in [0.2, 0.25) is 0 Å². The monoisotopic (exact) mass is 202 g/mol. The lowest BCUT2D eigenvalue weighted by molar-refractivity contribution is 0.0650. The van der Waals surface area contributed by atoms with Gasteiger partial charge in [0.25, 0.3) is 0 Å². The molecule has 0 aromatic carbocycles. The third-order valence-corrected chi connectivity index (χ3v) is 2.46. The molecule has 0 bridgehead atoms. The van der Waals surface area contributed by atoms with Gasteiger partial charge in [-0.05, 0) is 23.3 Å². The third-order valence-electron chi connectivity index (χ3n) is 2.22. The van der Waals surface area contributed by atoms with Crippen LogP contribution in [0.1, 0.15) is 24.7 Å². The van der Waals surface area contributed by atoms with Crippen LogP contribution in [0.15, 0.2) is 0 Å². The molecule has 0 unspecified atom stereocenters. The van der Waals surface area contributed by atoms with Crippen molar-refractivity contribution in [2.45, 2.75) is 24.8 Å². The number of ether oxygens (including phenoxy) is 1. The second kappa shape index (κ2) is 4.02. The molecule has 5 nitrogen and oxygen atoms in total. The van der Waals surface area contributed by atoms with Crippen LogP contribution < -0.4 is 0 Å². The number of nitrogens with zero attached hydrogens (tertiary/aromatic N) is 4. The van der Waals surface area contributed by atoms with E-state index in [-0.39, 0.29) is 0 Å². The fourth-order valence-corrected chi connectivity index (χ4v) is 1.69. The summed E-state index contributed by atoms with van der Waals surface area (Å²) in [6.45, 7) is 1.57. The molecule has 72 valence electrons. The van der Waals surface area contributed by atoms with Crippen LogP contribution in [0, 0.1) is 0 Å². The van der Waals surface area contributed by atoms with Crippen molar-refractivity contribution in [2.24, 2.45) is 0 Å². The molecule has 0 amide bonds. The first-order chi connectivity index (χ1) is 6.42. The molecule has 0 radical (unpaired) electrons. The van der Waals surface area contributed by atoms with Crippen molar-refractivity contribution in [1.29, 1.82) is 0 Å². The van der Waals surface area contributed by atoms with Crippen LogP contribution in [-0.2, 0) is 10.6 Å². The van der Waals surface area contributed by atoms with Crippen LogP contribution in [-0.4, -0.2) is 33.4 Å². The molecule has 1 aromatic heterocycles. The molecule has 0 atom stereocenters. The van der Waals surface area contributed by atoms with Gasteiger partial charge in [-0.1, -0.05) is 0 Å². The number of rotatable bonds is 2. The molecular weight excluding hydrogens is 192 g/mol. The fraction of sp³-hybridized carbons (Fsp3) is 0.857. The smallest absolute Gasteiger partial charge is 0.166 e. The Balaban J connectivity index is 2.13. The molecule has 2 rings (SSSR count). The van der Waals surface area contributed by atoms with Crippen molar-refractivity contribution in [1.82, 2.24) is 20.2 Å². The van der Waals surface area contributed by atoms with E-state index in [0.717, 1.165) is 31.9 Å². The predicted octanol–water partition coefficient (Wildman–Crippen LogP) is 0.763. The Bertz CT molecular complexity index is 271. The van der Waals surface area contributed by atoms with E-state index in [1.165, 1.54) is 0 Å². The molecule has 13 heavy (non-hydrogen) atoms. The second-order valence-electron chi connectivity index (χ2n) is 3.02. The van der Waals surface area contributed by atoms with E-state index in [9.17, 15) is 0 Å². The highest BCUT2D eigenvalue weighted by atomic mass is 35.5. The van der Waals surface area contributed by atoms with Gasteiger partial charge in [-0.25, -0.2) is 4.68 Å². The van der Waals surface area contributed by atoms with E-state index in [1.54, 1.807) is 0 Å². The molecule has 6 heteroatoms. The highest BCUT2D eigenvalue weighted by Gasteiger charge is 2.19. The molecule has 1 aliphatic heterocycles. The zero-order chi connectivity index (χ0) is 9.10. The molecule has 0 spiro atoms. The minimum Gasteiger partial charge on any atom is -0.381 e. The van der Waals surface area contributed by atoms with Crippen molar-refractivity contribution < 1.29 is 4.74 Å². The lowest BCUT2D eigenvalue weighted by Crippen LogP contribution is -2.22. The normalized spacial score (nSPS) is 19.2. The van der Waals surface area contributed by atoms with E-state index < -0.39 is 0 Å². The largest absolute Gasteiger partial charge is 0.381 e. The molecule has 2 heterocycles. The molecule has 1 aliphatic rings. The average molecular weight is 203 g/mol. The second-order valence-corrected chi connectivity index (χ2v) is 3.28. The Kier molecular flexibility index (Phi) is 2.75. The van der Waals surface area contributed by atoms with Crippen molar-refractivity contribution in [3.05, 3.63) is 5.82 Å². The Morgan fingerprint density at radius 1 is 1.46 bits per heavy atom. The number of aromatic nitrogens is 4. The Morgan fingerprint density at radius 2 is 2.23 bits per heavy atom. The maximum absolute atomic E-state index is 5.70. The van der Waals surface area contributed by atoms with Gasteiger partial charge in [0.2, 0.25) is 0 Å². The van der Waals surface area contributed by atoms with Gasteiger partial charge in [0.1, 0.15) is 0 Å². The third kappa shape index (κ3) is 1.81. The molecule has 1 fully saturated rings. The molecule has 1 saturated heterocycles. The van der Waals surface area contributed by atoms with Gasteiger partial charge in [-0.15, -0.1) is 16.7 Å². The Hall–Kier alpha value is -0.680. The number of hydrogen-bond donors (Lipinski definition) is 0. The van der Waals surface area contributed by atoms with E-state index in [0.29, 0.717) is 11.9 Å². The van der Waals surface area contributed by atoms with Crippen molar-refractivity contribution in [3.63, 3.8) is 0 Å². The predicted molar refractivity (Wildman–Crippen MR) is 46.5 cm³/mol. The van der Waals surface area contributed by atoms with E-state index in [4.69, 9.17) is 16.3 Å². The van der Waals surface area contributed by atoms with E-state index in [1.807, 2.05) is 4.68 Å². The highest BCUT2D eigenvalue weighted by Crippen LogP contribution is 2.20. The summed E-state index contributed by atoms with van der Waals surface area (Å²) < 4.78 is 7.07. The van der Waals surface area contributed by atoms with Crippen molar-refractivity contribution >= 4 is 11.6 Å². The number of tetrazole rings is 1. The SMILES string of the molecule is ClCc1nnnn1C1CCOCC1. The van der Waals surface area contributed by atoms with Gasteiger partial charge in [-0.3, -0.25) is 0 Å². The maximum Gasteiger partial charge on any atom is 0.166 e. The number of halogens is 1. The lowest BCUT2D eigenvalue weighted by Gasteiger charge is -2.22. The van der Waals surface area contributed by atoms with Crippen LogP contribution in [0.3, 0.4) is 0 Å². The zero-order valence-corrected chi connectivity index (χ0v) is 7.94. The Labute approximate surface area is 81.0 Å². The zero-order valence-electron chi connectivity index (χ0n) is 7.19. The standard InChI is InChI=1S/C7H11ClN4O/c8-5-7-9-10-11-12(7)6-1-3-13-4-2-6/h6H,1-5H2. The van der Waals surface area contributed by atoms with E-state index >= 15 is 0 Å². The number of hydrogen-bond acceptors (Lipinski definition) is 4. The molecule has 0 saturated carbocycles. The summed E-state index contributed by atoms with van der Waals surface area (Å²) in [5.74, 6) is 1.11. The van der Waals surface area contributed by atoms with Crippen molar-refractivity contribution in [3.8, 4) is 0 Å². The maximum atomic E-state index is 5.70. The quantitative estimate of drug-likeness (QED) is 0.665. The van der Waals surface area contributed by atoms with Gasteiger partial charge in [0.15, 0.2) is 5.82 Å². The Morgan fingerprint density at radius 3 is 2.92 bits per heavy atom. The average Bonchev–Trinajstić information content (AvgIpc) is 2.67. The van der Waals surface area contributed by atoms with Crippen molar-refractivity contribution in [2.75, 3.05) is 13.2 Å². The topological polar surface area (TPSA) is 52.8 Å². The minimum atomic E-state index is 0.359. The van der Waals surface area contributed by atoms with Gasteiger partial charge in [0, 0.05) is 13.2 Å². The summed E-state index contributed by atoms with van der Waals surface area (Å²) >= 11 is 5.70. The number of alkyl halides is 1. The van der Waals surface area contributed by atoms with Gasteiger partial charge in [-0.2, -0.15) is 0 Å². The summed E-state index contributed by atoms with van der Waals surface area (Å²) in [6, 6.07) is 0.359. The summed E-state index contributed by atoms with van der Waals surface area (Å²) in [6.07, 6.45) is 1.93. The van der Waals surface area contributed by atoms with Crippen LogP contribution in [0.5, 0.6) is 0 Å².